The number of hydrogen-bond acceptors (Lipinski definition) is 4. The zero-order chi connectivity index (χ0) is 20.4. The van der Waals surface area contributed by atoms with E-state index in [1.54, 1.807) is 11.9 Å². The molecule has 0 radical (unpaired) electrons. The van der Waals surface area contributed by atoms with Crippen LogP contribution in [0.4, 0.5) is 0 Å². The van der Waals surface area contributed by atoms with Crippen LogP contribution in [0.2, 0.25) is 0 Å². The molecule has 1 unspecified atom stereocenters. The fourth-order valence-electron chi connectivity index (χ4n) is 3.14. The van der Waals surface area contributed by atoms with Gasteiger partial charge in [0, 0.05) is 26.1 Å². The highest BCUT2D eigenvalue weighted by molar-refractivity contribution is 5.98. The van der Waals surface area contributed by atoms with E-state index in [0.717, 1.165) is 25.7 Å². The van der Waals surface area contributed by atoms with Crippen molar-refractivity contribution in [2.75, 3.05) is 13.6 Å². The number of carbonyl (C=O) groups is 2. The van der Waals surface area contributed by atoms with E-state index in [-0.39, 0.29) is 34.7 Å². The fraction of sp³-hybridized carbons (Fsp3) is 0.545. The molecule has 0 aromatic heterocycles. The molecule has 0 fully saturated rings. The Morgan fingerprint density at radius 1 is 1.15 bits per heavy atom. The molecule has 1 atom stereocenters. The summed E-state index contributed by atoms with van der Waals surface area (Å²) in [5, 5.41) is 19.9. The molecular formula is C22H33NO4. The molecule has 2 N–H and O–H groups in total. The molecule has 0 spiro atoms. The van der Waals surface area contributed by atoms with Crippen molar-refractivity contribution in [1.29, 1.82) is 0 Å². The van der Waals surface area contributed by atoms with Crippen LogP contribution in [-0.2, 0) is 11.2 Å². The molecule has 1 aromatic carbocycles. The van der Waals surface area contributed by atoms with Gasteiger partial charge >= 0.3 is 0 Å². The number of Topliss-reactive ketones (excluding diaryl/α,β-unsaturated/α-hetero) is 1. The Morgan fingerprint density at radius 2 is 1.81 bits per heavy atom. The smallest absolute Gasteiger partial charge is 0.222 e. The molecule has 1 amide bonds. The summed E-state index contributed by atoms with van der Waals surface area (Å²) in [6.07, 6.45) is 8.92. The predicted octanol–water partition coefficient (Wildman–Crippen LogP) is 4.46. The summed E-state index contributed by atoms with van der Waals surface area (Å²) >= 11 is 0. The van der Waals surface area contributed by atoms with Gasteiger partial charge in [0.1, 0.15) is 11.5 Å². The van der Waals surface area contributed by atoms with Crippen molar-refractivity contribution in [3.05, 3.63) is 35.4 Å². The fourth-order valence-corrected chi connectivity index (χ4v) is 3.14. The Balaban J connectivity index is 3.02. The van der Waals surface area contributed by atoms with Gasteiger partial charge in [0.15, 0.2) is 5.78 Å². The number of aromatic hydroxyl groups is 2. The molecule has 0 aliphatic carbocycles. The minimum absolute atomic E-state index is 0.0251. The monoisotopic (exact) mass is 375 g/mol. The molecule has 0 aliphatic heterocycles. The van der Waals surface area contributed by atoms with Gasteiger partial charge in [0.2, 0.25) is 5.91 Å². The minimum atomic E-state index is -0.249. The van der Waals surface area contributed by atoms with Crippen molar-refractivity contribution in [2.45, 2.75) is 59.3 Å². The highest BCUT2D eigenvalue weighted by Gasteiger charge is 2.21. The van der Waals surface area contributed by atoms with Gasteiger partial charge in [-0.1, -0.05) is 25.5 Å². The number of phenols is 2. The van der Waals surface area contributed by atoms with Crippen LogP contribution in [0.1, 0.15) is 68.8 Å². The van der Waals surface area contributed by atoms with Gasteiger partial charge in [-0.2, -0.15) is 0 Å². The number of benzene rings is 1. The van der Waals surface area contributed by atoms with Crippen LogP contribution in [0.5, 0.6) is 11.5 Å². The molecule has 27 heavy (non-hydrogen) atoms. The number of phenolic OH excluding ortho intramolecular Hbond substituents is 2. The summed E-state index contributed by atoms with van der Waals surface area (Å²) < 4.78 is 0. The molecule has 0 bridgehead atoms. The summed E-state index contributed by atoms with van der Waals surface area (Å²) in [7, 11) is 1.78. The molecule has 0 aliphatic rings. The van der Waals surface area contributed by atoms with Crippen LogP contribution in [0.15, 0.2) is 24.3 Å². The van der Waals surface area contributed by atoms with Gasteiger partial charge in [0.25, 0.3) is 0 Å². The van der Waals surface area contributed by atoms with Crippen LogP contribution in [0.3, 0.4) is 0 Å². The maximum atomic E-state index is 12.4. The van der Waals surface area contributed by atoms with E-state index < -0.39 is 0 Å². The molecule has 0 saturated carbocycles. The van der Waals surface area contributed by atoms with Gasteiger partial charge in [0.05, 0.1) is 5.56 Å². The first-order valence-electron chi connectivity index (χ1n) is 9.74. The largest absolute Gasteiger partial charge is 0.508 e. The molecule has 1 aromatic rings. The topological polar surface area (TPSA) is 77.8 Å². The van der Waals surface area contributed by atoms with Gasteiger partial charge < -0.3 is 15.1 Å². The summed E-state index contributed by atoms with van der Waals surface area (Å²) in [5.41, 5.74) is 0.824. The van der Waals surface area contributed by atoms with Crippen LogP contribution >= 0.6 is 0 Å². The van der Waals surface area contributed by atoms with Gasteiger partial charge in [-0.25, -0.2) is 0 Å². The highest BCUT2D eigenvalue weighted by Crippen LogP contribution is 2.31. The molecule has 0 saturated heterocycles. The van der Waals surface area contributed by atoms with Crippen LogP contribution in [0, 0.1) is 5.92 Å². The number of amides is 1. The molecular weight excluding hydrogens is 342 g/mol. The average Bonchev–Trinajstić information content (AvgIpc) is 2.59. The summed E-state index contributed by atoms with van der Waals surface area (Å²) in [6.45, 7) is 6.10. The quantitative estimate of drug-likeness (QED) is 0.442. The standard InChI is InChI=1S/C22H33NO4/c1-5-7-8-9-10-11-17(13-21(27)23(4)6-2)12-18-14-19(25)15-20(26)22(18)16(3)24/h8-9,14-15,17,25-26H,5-7,10-13H2,1-4H3/b9-8+. The van der Waals surface area contributed by atoms with Crippen molar-refractivity contribution in [2.24, 2.45) is 5.92 Å². The van der Waals surface area contributed by atoms with Gasteiger partial charge in [-0.3, -0.25) is 9.59 Å². The Labute approximate surface area is 162 Å². The third-order valence-corrected chi connectivity index (χ3v) is 4.77. The van der Waals surface area contributed by atoms with E-state index in [9.17, 15) is 19.8 Å². The van der Waals surface area contributed by atoms with Crippen LogP contribution in [-0.4, -0.2) is 40.4 Å². The normalized spacial score (nSPS) is 12.3. The number of nitrogens with zero attached hydrogens (tertiary/aromatic N) is 1. The van der Waals surface area contributed by atoms with E-state index >= 15 is 0 Å². The van der Waals surface area contributed by atoms with Crippen molar-refractivity contribution in [1.82, 2.24) is 4.90 Å². The number of allylic oxidation sites excluding steroid dienone is 2. The predicted molar refractivity (Wildman–Crippen MR) is 108 cm³/mol. The third kappa shape index (κ3) is 7.45. The lowest BCUT2D eigenvalue weighted by Gasteiger charge is -2.21. The number of rotatable bonds is 11. The first kappa shape index (κ1) is 22.7. The second kappa shape index (κ2) is 11.4. The van der Waals surface area contributed by atoms with E-state index in [1.165, 1.54) is 19.1 Å². The van der Waals surface area contributed by atoms with Crippen LogP contribution < -0.4 is 0 Å². The third-order valence-electron chi connectivity index (χ3n) is 4.77. The first-order chi connectivity index (χ1) is 12.8. The first-order valence-corrected chi connectivity index (χ1v) is 9.74. The molecule has 5 heteroatoms. The summed E-state index contributed by atoms with van der Waals surface area (Å²) in [6, 6.07) is 2.70. The van der Waals surface area contributed by atoms with Crippen molar-refractivity contribution >= 4 is 11.7 Å². The lowest BCUT2D eigenvalue weighted by Crippen LogP contribution is -2.28. The van der Waals surface area contributed by atoms with E-state index in [4.69, 9.17) is 0 Å². The lowest BCUT2D eigenvalue weighted by atomic mass is 9.88. The summed E-state index contributed by atoms with van der Waals surface area (Å²) in [5.74, 6) is -0.450. The van der Waals surface area contributed by atoms with E-state index in [2.05, 4.69) is 19.1 Å². The molecule has 0 heterocycles. The second-order valence-electron chi connectivity index (χ2n) is 7.07. The average molecular weight is 376 g/mol. The van der Waals surface area contributed by atoms with Crippen LogP contribution in [0.25, 0.3) is 0 Å². The maximum absolute atomic E-state index is 12.4. The highest BCUT2D eigenvalue weighted by atomic mass is 16.3. The lowest BCUT2D eigenvalue weighted by molar-refractivity contribution is -0.130. The number of unbranched alkanes of at least 4 members (excludes halogenated alkanes) is 1. The van der Waals surface area contributed by atoms with E-state index in [1.807, 2.05) is 6.92 Å². The Hall–Kier alpha value is -2.30. The SMILES string of the molecule is CCC/C=C/CCC(CC(=O)N(C)CC)Cc1cc(O)cc(O)c1C(C)=O. The molecule has 150 valence electrons. The Kier molecular flexibility index (Phi) is 9.62. The van der Waals surface area contributed by atoms with Gasteiger partial charge in [-0.05, 0) is 57.1 Å². The summed E-state index contributed by atoms with van der Waals surface area (Å²) in [4.78, 5) is 26.1. The van der Waals surface area contributed by atoms with Crippen molar-refractivity contribution < 1.29 is 19.8 Å². The van der Waals surface area contributed by atoms with Crippen molar-refractivity contribution in [3.63, 3.8) is 0 Å². The molecule has 1 rings (SSSR count). The zero-order valence-corrected chi connectivity index (χ0v) is 17.0. The van der Waals surface area contributed by atoms with Gasteiger partial charge in [-0.15, -0.1) is 0 Å². The number of ketones is 1. The number of hydrogen-bond donors (Lipinski definition) is 2. The number of carbonyl (C=O) groups excluding carboxylic acids is 2. The van der Waals surface area contributed by atoms with E-state index in [0.29, 0.717) is 24.9 Å². The Bertz CT molecular complexity index is 667. The second-order valence-corrected chi connectivity index (χ2v) is 7.07. The minimum Gasteiger partial charge on any atom is -0.508 e. The maximum Gasteiger partial charge on any atom is 0.222 e. The zero-order valence-electron chi connectivity index (χ0n) is 17.0. The van der Waals surface area contributed by atoms with Crippen molar-refractivity contribution in [3.8, 4) is 11.5 Å². The Morgan fingerprint density at radius 3 is 2.41 bits per heavy atom. The molecule has 5 nitrogen and oxygen atoms in total.